The average Bonchev–Trinajstić information content (AvgIpc) is 3.36. The van der Waals surface area contributed by atoms with Crippen LogP contribution in [0.2, 0.25) is 0 Å². The second-order valence-electron chi connectivity index (χ2n) is 8.80. The lowest BCUT2D eigenvalue weighted by Crippen LogP contribution is -2.41. The van der Waals surface area contributed by atoms with Gasteiger partial charge >= 0.3 is 12.1 Å². The first-order valence-electron chi connectivity index (χ1n) is 10.1. The molecule has 1 aromatic rings. The second kappa shape index (κ2) is 8.39. The molecular weight excluding hydrogens is 370 g/mol. The first-order valence-corrected chi connectivity index (χ1v) is 10.1. The van der Waals surface area contributed by atoms with Crippen LogP contribution in [0, 0.1) is 17.8 Å². The summed E-state index contributed by atoms with van der Waals surface area (Å²) in [6.07, 6.45) is 2.65. The van der Waals surface area contributed by atoms with Gasteiger partial charge in [-0.15, -0.1) is 6.58 Å². The molecule has 1 saturated carbocycles. The molecule has 4 atom stereocenters. The van der Waals surface area contributed by atoms with Crippen LogP contribution in [0.15, 0.2) is 43.0 Å². The van der Waals surface area contributed by atoms with Gasteiger partial charge in [-0.05, 0) is 51.5 Å². The van der Waals surface area contributed by atoms with E-state index in [0.717, 1.165) is 5.56 Å². The quantitative estimate of drug-likeness (QED) is 0.516. The fraction of sp³-hybridized carbons (Fsp3) is 0.522. The summed E-state index contributed by atoms with van der Waals surface area (Å²) >= 11 is 0. The highest BCUT2D eigenvalue weighted by Crippen LogP contribution is 2.48. The summed E-state index contributed by atoms with van der Waals surface area (Å²) in [5.74, 6) is -1.50. The van der Waals surface area contributed by atoms with Crippen molar-refractivity contribution in [2.75, 3.05) is 6.61 Å². The molecule has 1 aliphatic heterocycles. The molecule has 3 rings (SSSR count). The fourth-order valence-corrected chi connectivity index (χ4v) is 3.89. The van der Waals surface area contributed by atoms with E-state index in [1.807, 2.05) is 51.1 Å². The van der Waals surface area contributed by atoms with Crippen molar-refractivity contribution in [3.63, 3.8) is 0 Å². The zero-order valence-corrected chi connectivity index (χ0v) is 17.3. The van der Waals surface area contributed by atoms with Gasteiger partial charge in [0.2, 0.25) is 5.91 Å². The molecule has 2 amide bonds. The maximum atomic E-state index is 13.1. The number of ether oxygens (including phenoxy) is 2. The molecule has 0 spiro atoms. The van der Waals surface area contributed by atoms with Crippen LogP contribution in [0.25, 0.3) is 0 Å². The number of hydrogen-bond donors (Lipinski definition) is 0. The number of nitrogens with zero attached hydrogens (tertiary/aromatic N) is 1. The van der Waals surface area contributed by atoms with E-state index in [4.69, 9.17) is 9.47 Å². The molecule has 0 N–H and O–H groups in total. The summed E-state index contributed by atoms with van der Waals surface area (Å²) in [7, 11) is 0. The lowest BCUT2D eigenvalue weighted by Gasteiger charge is -2.24. The van der Waals surface area contributed by atoms with Crippen molar-refractivity contribution in [2.45, 2.75) is 51.7 Å². The number of esters is 1. The SMILES string of the molecule is C=CC[C@@H](C(=O)OC(C)(C)C)[C@@H]1CC1C(=O)N1C(=O)OC[C@H]1Cc1ccccc1. The van der Waals surface area contributed by atoms with Crippen LogP contribution < -0.4 is 0 Å². The Morgan fingerprint density at radius 3 is 2.62 bits per heavy atom. The molecule has 156 valence electrons. The predicted octanol–water partition coefficient (Wildman–Crippen LogP) is 3.75. The number of allylic oxidation sites excluding steroid dienone is 1. The van der Waals surface area contributed by atoms with Crippen LogP contribution in [0.4, 0.5) is 4.79 Å². The van der Waals surface area contributed by atoms with E-state index in [-0.39, 0.29) is 36.4 Å². The van der Waals surface area contributed by atoms with Gasteiger partial charge in [0.1, 0.15) is 12.2 Å². The Bertz CT molecular complexity index is 782. The largest absolute Gasteiger partial charge is 0.460 e. The van der Waals surface area contributed by atoms with Crippen LogP contribution in [0.5, 0.6) is 0 Å². The van der Waals surface area contributed by atoms with Crippen LogP contribution in [-0.4, -0.2) is 41.1 Å². The van der Waals surface area contributed by atoms with Gasteiger partial charge in [0.25, 0.3) is 0 Å². The molecule has 1 heterocycles. The van der Waals surface area contributed by atoms with Crippen LogP contribution in [-0.2, 0) is 25.5 Å². The van der Waals surface area contributed by atoms with Gasteiger partial charge in [-0.2, -0.15) is 0 Å². The molecule has 6 heteroatoms. The minimum atomic E-state index is -0.598. The molecular formula is C23H29NO5. The van der Waals surface area contributed by atoms with Crippen molar-refractivity contribution >= 4 is 18.0 Å². The van der Waals surface area contributed by atoms with Crippen molar-refractivity contribution in [2.24, 2.45) is 17.8 Å². The smallest absolute Gasteiger partial charge is 0.416 e. The number of rotatable bonds is 7. The van der Waals surface area contributed by atoms with Gasteiger partial charge in [0.05, 0.1) is 12.0 Å². The monoisotopic (exact) mass is 399 g/mol. The zero-order chi connectivity index (χ0) is 21.2. The van der Waals surface area contributed by atoms with Gasteiger partial charge in [-0.1, -0.05) is 36.4 Å². The molecule has 0 bridgehead atoms. The van der Waals surface area contributed by atoms with E-state index >= 15 is 0 Å². The maximum Gasteiger partial charge on any atom is 0.416 e. The highest BCUT2D eigenvalue weighted by Gasteiger charge is 2.54. The van der Waals surface area contributed by atoms with Crippen molar-refractivity contribution in [1.82, 2.24) is 4.90 Å². The first-order chi connectivity index (χ1) is 13.7. The highest BCUT2D eigenvalue weighted by molar-refractivity contribution is 5.96. The van der Waals surface area contributed by atoms with Gasteiger partial charge in [0.15, 0.2) is 0 Å². The minimum Gasteiger partial charge on any atom is -0.460 e. The van der Waals surface area contributed by atoms with Crippen molar-refractivity contribution in [3.05, 3.63) is 48.6 Å². The van der Waals surface area contributed by atoms with Crippen LogP contribution in [0.1, 0.15) is 39.2 Å². The van der Waals surface area contributed by atoms with Crippen LogP contribution >= 0.6 is 0 Å². The van der Waals surface area contributed by atoms with E-state index in [1.165, 1.54) is 4.90 Å². The van der Waals surface area contributed by atoms with E-state index in [9.17, 15) is 14.4 Å². The van der Waals surface area contributed by atoms with Crippen molar-refractivity contribution < 1.29 is 23.9 Å². The number of amides is 2. The summed E-state index contributed by atoms with van der Waals surface area (Å²) < 4.78 is 10.7. The molecule has 2 fully saturated rings. The van der Waals surface area contributed by atoms with E-state index < -0.39 is 17.6 Å². The molecule has 0 radical (unpaired) electrons. The summed E-state index contributed by atoms with van der Waals surface area (Å²) in [6.45, 7) is 9.38. The zero-order valence-electron chi connectivity index (χ0n) is 17.3. The average molecular weight is 399 g/mol. The molecule has 1 unspecified atom stereocenters. The number of benzene rings is 1. The van der Waals surface area contributed by atoms with E-state index in [2.05, 4.69) is 6.58 Å². The van der Waals surface area contributed by atoms with Gasteiger partial charge in [0, 0.05) is 5.92 Å². The molecule has 1 aliphatic carbocycles. The molecule has 2 aliphatic rings. The number of carbonyl (C=O) groups is 3. The molecule has 1 saturated heterocycles. The summed E-state index contributed by atoms with van der Waals surface area (Å²) in [5, 5.41) is 0. The number of hydrogen-bond acceptors (Lipinski definition) is 5. The third kappa shape index (κ3) is 5.05. The van der Waals surface area contributed by atoms with Crippen molar-refractivity contribution in [1.29, 1.82) is 0 Å². The Balaban J connectivity index is 1.68. The molecule has 6 nitrogen and oxygen atoms in total. The number of imide groups is 1. The Morgan fingerprint density at radius 2 is 2.00 bits per heavy atom. The number of carbonyl (C=O) groups excluding carboxylic acids is 3. The summed E-state index contributed by atoms with van der Waals surface area (Å²) in [6, 6.07) is 9.39. The van der Waals surface area contributed by atoms with E-state index in [0.29, 0.717) is 19.3 Å². The van der Waals surface area contributed by atoms with Gasteiger partial charge in [-0.3, -0.25) is 9.59 Å². The third-order valence-corrected chi connectivity index (χ3v) is 5.32. The normalized spacial score (nSPS) is 24.6. The topological polar surface area (TPSA) is 72.9 Å². The molecule has 1 aromatic carbocycles. The first kappa shape index (κ1) is 21.1. The molecule has 29 heavy (non-hydrogen) atoms. The second-order valence-corrected chi connectivity index (χ2v) is 8.80. The fourth-order valence-electron chi connectivity index (χ4n) is 3.89. The van der Waals surface area contributed by atoms with Crippen LogP contribution in [0.3, 0.4) is 0 Å². The Labute approximate surface area is 171 Å². The Hall–Kier alpha value is -2.63. The minimum absolute atomic E-state index is 0.138. The lowest BCUT2D eigenvalue weighted by molar-refractivity contribution is -0.160. The number of cyclic esters (lactones) is 1. The van der Waals surface area contributed by atoms with Gasteiger partial charge in [-0.25, -0.2) is 9.69 Å². The predicted molar refractivity (Wildman–Crippen MR) is 108 cm³/mol. The standard InChI is InChI=1S/C23H29NO5/c1-5-9-17(21(26)29-23(2,3)4)18-13-19(18)20(25)24-16(14-28-22(24)27)12-15-10-7-6-8-11-15/h5-8,10-11,16-19H,1,9,12-14H2,2-4H3/t16-,17-,18+,19?/m1/s1. The molecule has 0 aromatic heterocycles. The Morgan fingerprint density at radius 1 is 1.31 bits per heavy atom. The maximum absolute atomic E-state index is 13.1. The summed E-state index contributed by atoms with van der Waals surface area (Å²) in [4.78, 5) is 39.2. The third-order valence-electron chi connectivity index (χ3n) is 5.32. The van der Waals surface area contributed by atoms with Crippen molar-refractivity contribution in [3.8, 4) is 0 Å². The van der Waals surface area contributed by atoms with Gasteiger partial charge < -0.3 is 9.47 Å². The van der Waals surface area contributed by atoms with E-state index in [1.54, 1.807) is 6.08 Å². The Kier molecular flexibility index (Phi) is 6.10. The summed E-state index contributed by atoms with van der Waals surface area (Å²) in [5.41, 5.74) is 0.448. The highest BCUT2D eigenvalue weighted by atomic mass is 16.6. The lowest BCUT2D eigenvalue weighted by atomic mass is 9.97.